The molecule has 2 rings (SSSR count). The fourth-order valence-corrected chi connectivity index (χ4v) is 2.65. The van der Waals surface area contributed by atoms with Gasteiger partial charge in [0.1, 0.15) is 17.3 Å². The van der Waals surface area contributed by atoms with Crippen LogP contribution in [0.15, 0.2) is 48.5 Å². The van der Waals surface area contributed by atoms with Gasteiger partial charge in [-0.05, 0) is 61.2 Å². The lowest BCUT2D eigenvalue weighted by atomic mass is 9.96. The summed E-state index contributed by atoms with van der Waals surface area (Å²) in [5.41, 5.74) is 1.02. The van der Waals surface area contributed by atoms with E-state index >= 15 is 0 Å². The number of ether oxygens (including phenoxy) is 2. The van der Waals surface area contributed by atoms with Gasteiger partial charge in [0.25, 0.3) is 5.91 Å². The summed E-state index contributed by atoms with van der Waals surface area (Å²) in [4.78, 5) is 12.6. The molecule has 1 N–H and O–H groups in total. The number of methoxy groups -OCH3 is 1. The summed E-state index contributed by atoms with van der Waals surface area (Å²) in [7, 11) is 1.62. The number of amides is 1. The second-order valence-corrected chi connectivity index (χ2v) is 6.68. The van der Waals surface area contributed by atoms with E-state index in [1.54, 1.807) is 14.0 Å². The van der Waals surface area contributed by atoms with Gasteiger partial charge in [-0.25, -0.2) is 4.39 Å². The summed E-state index contributed by atoms with van der Waals surface area (Å²) in [5, 5.41) is 3.05. The van der Waals surface area contributed by atoms with Crippen molar-refractivity contribution in [3.8, 4) is 11.5 Å². The molecule has 5 heteroatoms. The van der Waals surface area contributed by atoms with E-state index < -0.39 is 6.10 Å². The third-order valence-electron chi connectivity index (χ3n) is 4.04. The summed E-state index contributed by atoms with van der Waals surface area (Å²) < 4.78 is 23.8. The van der Waals surface area contributed by atoms with Crippen molar-refractivity contribution in [2.75, 3.05) is 7.11 Å². The summed E-state index contributed by atoms with van der Waals surface area (Å²) in [5.74, 6) is 1.09. The fraction of sp³-hybridized carbons (Fsp3) is 0.381. The Balaban J connectivity index is 2.05. The number of carbonyl (C=O) groups is 1. The van der Waals surface area contributed by atoms with Crippen LogP contribution in [0.25, 0.3) is 0 Å². The molecule has 4 nitrogen and oxygen atoms in total. The average molecular weight is 359 g/mol. The molecular weight excluding hydrogens is 333 g/mol. The van der Waals surface area contributed by atoms with Gasteiger partial charge >= 0.3 is 0 Å². The molecule has 140 valence electrons. The van der Waals surface area contributed by atoms with E-state index in [1.165, 1.54) is 24.3 Å². The average Bonchev–Trinajstić information content (AvgIpc) is 2.62. The predicted octanol–water partition coefficient (Wildman–Crippen LogP) is 4.51. The van der Waals surface area contributed by atoms with Crippen molar-refractivity contribution in [1.82, 2.24) is 5.32 Å². The molecule has 0 saturated carbocycles. The molecule has 0 spiro atoms. The highest BCUT2D eigenvalue weighted by atomic mass is 19.1. The van der Waals surface area contributed by atoms with Gasteiger partial charge in [-0.15, -0.1) is 0 Å². The van der Waals surface area contributed by atoms with Crippen LogP contribution in [0, 0.1) is 11.7 Å². The Morgan fingerprint density at radius 1 is 1.00 bits per heavy atom. The van der Waals surface area contributed by atoms with Crippen LogP contribution in [0.5, 0.6) is 11.5 Å². The highest BCUT2D eigenvalue weighted by Gasteiger charge is 2.21. The third-order valence-corrected chi connectivity index (χ3v) is 4.04. The van der Waals surface area contributed by atoms with E-state index in [-0.39, 0.29) is 17.8 Å². The topological polar surface area (TPSA) is 47.6 Å². The monoisotopic (exact) mass is 359 g/mol. The van der Waals surface area contributed by atoms with Crippen LogP contribution in [0.2, 0.25) is 0 Å². The van der Waals surface area contributed by atoms with Crippen LogP contribution in [-0.2, 0) is 4.79 Å². The minimum atomic E-state index is -0.687. The number of nitrogens with one attached hydrogen (secondary N) is 1. The van der Waals surface area contributed by atoms with E-state index in [1.807, 2.05) is 24.3 Å². The van der Waals surface area contributed by atoms with Crippen molar-refractivity contribution >= 4 is 5.91 Å². The lowest BCUT2D eigenvalue weighted by Crippen LogP contribution is -2.39. The Morgan fingerprint density at radius 3 is 2.12 bits per heavy atom. The van der Waals surface area contributed by atoms with Crippen molar-refractivity contribution in [3.63, 3.8) is 0 Å². The first-order valence-electron chi connectivity index (χ1n) is 8.75. The summed E-state index contributed by atoms with van der Waals surface area (Å²) >= 11 is 0. The molecule has 0 bridgehead atoms. The van der Waals surface area contributed by atoms with Crippen LogP contribution in [-0.4, -0.2) is 19.1 Å². The lowest BCUT2D eigenvalue weighted by Gasteiger charge is -2.23. The minimum Gasteiger partial charge on any atom is -0.497 e. The Hall–Kier alpha value is -2.56. The molecule has 0 aromatic heterocycles. The predicted molar refractivity (Wildman–Crippen MR) is 99.8 cm³/mol. The summed E-state index contributed by atoms with van der Waals surface area (Å²) in [6, 6.07) is 13.2. The Labute approximate surface area is 154 Å². The normalized spacial score (nSPS) is 13.2. The number of rotatable bonds is 8. The quantitative estimate of drug-likeness (QED) is 0.755. The standard InChI is InChI=1S/C21H26FNO3/c1-14(2)13-20(16-5-9-18(25-4)10-6-16)23-21(24)15(3)26-19-11-7-17(22)8-12-19/h5-12,14-15,20H,13H2,1-4H3,(H,23,24)/t15-,20+/m1/s1. The number of benzene rings is 2. The molecule has 0 aliphatic heterocycles. The van der Waals surface area contributed by atoms with E-state index in [0.717, 1.165) is 17.7 Å². The second kappa shape index (κ2) is 9.22. The smallest absolute Gasteiger partial charge is 0.261 e. The molecule has 0 fully saturated rings. The first-order chi connectivity index (χ1) is 12.4. The van der Waals surface area contributed by atoms with Crippen molar-refractivity contribution < 1.29 is 18.7 Å². The second-order valence-electron chi connectivity index (χ2n) is 6.68. The van der Waals surface area contributed by atoms with Crippen molar-refractivity contribution in [1.29, 1.82) is 0 Å². The Bertz CT molecular complexity index is 698. The van der Waals surface area contributed by atoms with E-state index in [4.69, 9.17) is 9.47 Å². The van der Waals surface area contributed by atoms with E-state index in [0.29, 0.717) is 11.7 Å². The molecule has 0 aliphatic rings. The molecule has 0 heterocycles. The van der Waals surface area contributed by atoms with Gasteiger partial charge in [0, 0.05) is 0 Å². The van der Waals surface area contributed by atoms with E-state index in [9.17, 15) is 9.18 Å². The summed E-state index contributed by atoms with van der Waals surface area (Å²) in [6.07, 6.45) is 0.120. The van der Waals surface area contributed by atoms with Crippen LogP contribution in [0.3, 0.4) is 0 Å². The van der Waals surface area contributed by atoms with Gasteiger partial charge in [-0.1, -0.05) is 26.0 Å². The fourth-order valence-electron chi connectivity index (χ4n) is 2.65. The van der Waals surface area contributed by atoms with Gasteiger partial charge in [-0.3, -0.25) is 4.79 Å². The molecule has 0 saturated heterocycles. The van der Waals surface area contributed by atoms with Crippen LogP contribution in [0.4, 0.5) is 4.39 Å². The highest BCUT2D eigenvalue weighted by Crippen LogP contribution is 2.24. The van der Waals surface area contributed by atoms with Crippen molar-refractivity contribution in [2.24, 2.45) is 5.92 Å². The van der Waals surface area contributed by atoms with Gasteiger partial charge < -0.3 is 14.8 Å². The number of hydrogen-bond donors (Lipinski definition) is 1. The maximum Gasteiger partial charge on any atom is 0.261 e. The molecule has 0 unspecified atom stereocenters. The van der Waals surface area contributed by atoms with Crippen LogP contribution >= 0.6 is 0 Å². The van der Waals surface area contributed by atoms with Crippen LogP contribution < -0.4 is 14.8 Å². The Kier molecular flexibility index (Phi) is 7.01. The van der Waals surface area contributed by atoms with Gasteiger partial charge in [-0.2, -0.15) is 0 Å². The molecule has 2 atom stereocenters. The zero-order valence-electron chi connectivity index (χ0n) is 15.7. The third kappa shape index (κ3) is 5.76. The molecule has 2 aromatic rings. The maximum atomic E-state index is 13.0. The number of carbonyl (C=O) groups excluding carboxylic acids is 1. The SMILES string of the molecule is COc1ccc([C@H](CC(C)C)NC(=O)[C@@H](C)Oc2ccc(F)cc2)cc1. The molecular formula is C21H26FNO3. The largest absolute Gasteiger partial charge is 0.497 e. The van der Waals surface area contributed by atoms with Crippen molar-refractivity contribution in [3.05, 3.63) is 59.9 Å². The Morgan fingerprint density at radius 2 is 1.58 bits per heavy atom. The molecule has 26 heavy (non-hydrogen) atoms. The van der Waals surface area contributed by atoms with Crippen molar-refractivity contribution in [2.45, 2.75) is 39.3 Å². The molecule has 0 radical (unpaired) electrons. The summed E-state index contributed by atoms with van der Waals surface area (Å²) in [6.45, 7) is 5.90. The zero-order valence-corrected chi connectivity index (χ0v) is 15.7. The lowest BCUT2D eigenvalue weighted by molar-refractivity contribution is -0.128. The highest BCUT2D eigenvalue weighted by molar-refractivity contribution is 5.81. The maximum absolute atomic E-state index is 13.0. The molecule has 1 amide bonds. The van der Waals surface area contributed by atoms with E-state index in [2.05, 4.69) is 19.2 Å². The van der Waals surface area contributed by atoms with Gasteiger partial charge in [0.2, 0.25) is 0 Å². The van der Waals surface area contributed by atoms with Crippen LogP contribution in [0.1, 0.15) is 38.8 Å². The molecule has 0 aliphatic carbocycles. The molecule has 2 aromatic carbocycles. The van der Waals surface area contributed by atoms with Gasteiger partial charge in [0.15, 0.2) is 6.10 Å². The zero-order chi connectivity index (χ0) is 19.1. The number of halogens is 1. The minimum absolute atomic E-state index is 0.118. The first-order valence-corrected chi connectivity index (χ1v) is 8.75. The van der Waals surface area contributed by atoms with Gasteiger partial charge in [0.05, 0.1) is 13.2 Å². The number of hydrogen-bond acceptors (Lipinski definition) is 3. The first kappa shape index (κ1) is 19.8.